The van der Waals surface area contributed by atoms with Gasteiger partial charge in [0.2, 0.25) is 0 Å². The SMILES string of the molecule is O=C(NC1CCCCC1)c1ccc(CNC2CCCCC2)cc1. The molecule has 23 heavy (non-hydrogen) atoms. The van der Waals surface area contributed by atoms with Crippen LogP contribution in [0.1, 0.15) is 80.1 Å². The second-order valence-corrected chi connectivity index (χ2v) is 7.22. The van der Waals surface area contributed by atoms with Crippen molar-refractivity contribution in [3.8, 4) is 0 Å². The van der Waals surface area contributed by atoms with Gasteiger partial charge in [-0.3, -0.25) is 4.79 Å². The predicted molar refractivity (Wildman–Crippen MR) is 94.5 cm³/mol. The van der Waals surface area contributed by atoms with Crippen LogP contribution in [0, 0.1) is 0 Å². The Labute approximate surface area is 140 Å². The smallest absolute Gasteiger partial charge is 0.251 e. The number of carbonyl (C=O) groups excluding carboxylic acids is 1. The molecule has 3 heteroatoms. The molecule has 0 radical (unpaired) electrons. The van der Waals surface area contributed by atoms with Crippen LogP contribution >= 0.6 is 0 Å². The largest absolute Gasteiger partial charge is 0.349 e. The number of benzene rings is 1. The molecule has 2 fully saturated rings. The minimum absolute atomic E-state index is 0.0867. The van der Waals surface area contributed by atoms with Crippen LogP contribution < -0.4 is 10.6 Å². The van der Waals surface area contributed by atoms with Crippen LogP contribution in [0.3, 0.4) is 0 Å². The first-order chi connectivity index (χ1) is 11.3. The summed E-state index contributed by atoms with van der Waals surface area (Å²) in [6.45, 7) is 0.912. The van der Waals surface area contributed by atoms with Crippen molar-refractivity contribution in [3.05, 3.63) is 35.4 Å². The van der Waals surface area contributed by atoms with Crippen molar-refractivity contribution >= 4 is 5.91 Å². The molecule has 2 N–H and O–H groups in total. The number of nitrogens with one attached hydrogen (secondary N) is 2. The van der Waals surface area contributed by atoms with Gasteiger partial charge in [0, 0.05) is 24.2 Å². The highest BCUT2D eigenvalue weighted by Gasteiger charge is 2.16. The minimum atomic E-state index is 0.0867. The summed E-state index contributed by atoms with van der Waals surface area (Å²) in [6, 6.07) is 9.17. The molecule has 1 amide bonds. The van der Waals surface area contributed by atoms with E-state index in [0.717, 1.165) is 24.9 Å². The van der Waals surface area contributed by atoms with E-state index in [9.17, 15) is 4.79 Å². The summed E-state index contributed by atoms with van der Waals surface area (Å²) >= 11 is 0. The van der Waals surface area contributed by atoms with Crippen molar-refractivity contribution in [3.63, 3.8) is 0 Å². The van der Waals surface area contributed by atoms with Gasteiger partial charge in [0.25, 0.3) is 5.91 Å². The molecule has 3 nitrogen and oxygen atoms in total. The van der Waals surface area contributed by atoms with Gasteiger partial charge in [-0.2, -0.15) is 0 Å². The van der Waals surface area contributed by atoms with Crippen molar-refractivity contribution in [1.82, 2.24) is 10.6 Å². The van der Waals surface area contributed by atoms with Gasteiger partial charge in [-0.05, 0) is 43.4 Å². The van der Waals surface area contributed by atoms with E-state index in [2.05, 4.69) is 22.8 Å². The van der Waals surface area contributed by atoms with Gasteiger partial charge in [-0.1, -0.05) is 50.7 Å². The molecular formula is C20H30N2O. The predicted octanol–water partition coefficient (Wildman–Crippen LogP) is 4.17. The molecule has 2 aliphatic carbocycles. The number of hydrogen-bond acceptors (Lipinski definition) is 2. The molecule has 0 unspecified atom stereocenters. The standard InChI is InChI=1S/C20H30N2O/c23-20(22-19-9-5-2-6-10-19)17-13-11-16(12-14-17)15-21-18-7-3-1-4-8-18/h11-14,18-19,21H,1-10,15H2,(H,22,23). The van der Waals surface area contributed by atoms with Gasteiger partial charge in [-0.25, -0.2) is 0 Å². The Morgan fingerprint density at radius 3 is 2.00 bits per heavy atom. The van der Waals surface area contributed by atoms with Crippen molar-refractivity contribution in [2.45, 2.75) is 82.8 Å². The monoisotopic (exact) mass is 314 g/mol. The van der Waals surface area contributed by atoms with E-state index in [1.165, 1.54) is 56.9 Å². The Morgan fingerprint density at radius 2 is 1.39 bits per heavy atom. The second-order valence-electron chi connectivity index (χ2n) is 7.22. The topological polar surface area (TPSA) is 41.1 Å². The molecule has 0 aromatic heterocycles. The molecule has 0 heterocycles. The van der Waals surface area contributed by atoms with Crippen LogP contribution in [-0.4, -0.2) is 18.0 Å². The molecule has 0 aliphatic heterocycles. The summed E-state index contributed by atoms with van der Waals surface area (Å²) < 4.78 is 0. The zero-order valence-corrected chi connectivity index (χ0v) is 14.2. The highest BCUT2D eigenvalue weighted by atomic mass is 16.1. The summed E-state index contributed by atoms with van der Waals surface area (Å²) in [6.07, 6.45) is 12.8. The van der Waals surface area contributed by atoms with E-state index in [1.807, 2.05) is 12.1 Å². The molecule has 0 spiro atoms. The first-order valence-corrected chi connectivity index (χ1v) is 9.44. The van der Waals surface area contributed by atoms with Crippen LogP contribution in [0.15, 0.2) is 24.3 Å². The van der Waals surface area contributed by atoms with E-state index in [0.29, 0.717) is 12.1 Å². The highest BCUT2D eigenvalue weighted by Crippen LogP contribution is 2.19. The van der Waals surface area contributed by atoms with E-state index in [-0.39, 0.29) is 5.91 Å². The number of rotatable bonds is 5. The zero-order valence-electron chi connectivity index (χ0n) is 14.2. The van der Waals surface area contributed by atoms with Crippen LogP contribution in [0.5, 0.6) is 0 Å². The summed E-state index contributed by atoms with van der Waals surface area (Å²) in [5.74, 6) is 0.0867. The summed E-state index contributed by atoms with van der Waals surface area (Å²) in [5.41, 5.74) is 2.06. The second kappa shape index (κ2) is 8.49. The van der Waals surface area contributed by atoms with Gasteiger partial charge < -0.3 is 10.6 Å². The van der Waals surface area contributed by atoms with E-state index in [4.69, 9.17) is 0 Å². The lowest BCUT2D eigenvalue weighted by Gasteiger charge is -2.23. The van der Waals surface area contributed by atoms with E-state index < -0.39 is 0 Å². The van der Waals surface area contributed by atoms with Crippen molar-refractivity contribution in [2.75, 3.05) is 0 Å². The average molecular weight is 314 g/mol. The summed E-state index contributed by atoms with van der Waals surface area (Å²) in [4.78, 5) is 12.3. The van der Waals surface area contributed by atoms with Gasteiger partial charge in [0.15, 0.2) is 0 Å². The molecule has 0 bridgehead atoms. The van der Waals surface area contributed by atoms with Gasteiger partial charge >= 0.3 is 0 Å². The fourth-order valence-electron chi connectivity index (χ4n) is 3.86. The normalized spacial score (nSPS) is 20.3. The van der Waals surface area contributed by atoms with E-state index >= 15 is 0 Å². The summed E-state index contributed by atoms with van der Waals surface area (Å²) in [7, 11) is 0. The minimum Gasteiger partial charge on any atom is -0.349 e. The van der Waals surface area contributed by atoms with Gasteiger partial charge in [0.05, 0.1) is 0 Å². The fraction of sp³-hybridized carbons (Fsp3) is 0.650. The Hall–Kier alpha value is -1.35. The third kappa shape index (κ3) is 5.07. The molecule has 1 aromatic rings. The zero-order chi connectivity index (χ0) is 15.9. The van der Waals surface area contributed by atoms with Crippen LogP contribution in [0.25, 0.3) is 0 Å². The molecular weight excluding hydrogens is 284 g/mol. The van der Waals surface area contributed by atoms with Crippen LogP contribution in [-0.2, 0) is 6.54 Å². The molecule has 2 aliphatic rings. The van der Waals surface area contributed by atoms with Crippen LogP contribution in [0.4, 0.5) is 0 Å². The third-order valence-electron chi connectivity index (χ3n) is 5.36. The summed E-state index contributed by atoms with van der Waals surface area (Å²) in [5, 5.41) is 6.84. The van der Waals surface area contributed by atoms with E-state index in [1.54, 1.807) is 0 Å². The maximum atomic E-state index is 12.3. The Bertz CT molecular complexity index is 485. The Kier molecular flexibility index (Phi) is 6.09. The lowest BCUT2D eigenvalue weighted by Crippen LogP contribution is -2.36. The Balaban J connectivity index is 1.46. The highest BCUT2D eigenvalue weighted by molar-refractivity contribution is 5.94. The lowest BCUT2D eigenvalue weighted by atomic mass is 9.95. The number of carbonyl (C=O) groups is 1. The first-order valence-electron chi connectivity index (χ1n) is 9.44. The quantitative estimate of drug-likeness (QED) is 0.856. The molecule has 0 saturated heterocycles. The van der Waals surface area contributed by atoms with Gasteiger partial charge in [0.1, 0.15) is 0 Å². The fourth-order valence-corrected chi connectivity index (χ4v) is 3.86. The van der Waals surface area contributed by atoms with Crippen molar-refractivity contribution in [1.29, 1.82) is 0 Å². The average Bonchev–Trinajstić information content (AvgIpc) is 2.62. The number of hydrogen-bond donors (Lipinski definition) is 2. The molecule has 126 valence electrons. The maximum absolute atomic E-state index is 12.3. The van der Waals surface area contributed by atoms with Crippen molar-refractivity contribution < 1.29 is 4.79 Å². The molecule has 0 atom stereocenters. The maximum Gasteiger partial charge on any atom is 0.251 e. The molecule has 3 rings (SSSR count). The number of amides is 1. The third-order valence-corrected chi connectivity index (χ3v) is 5.36. The van der Waals surface area contributed by atoms with Crippen LogP contribution in [0.2, 0.25) is 0 Å². The Morgan fingerprint density at radius 1 is 0.826 bits per heavy atom. The lowest BCUT2D eigenvalue weighted by molar-refractivity contribution is 0.0927. The molecule has 2 saturated carbocycles. The molecule has 1 aromatic carbocycles. The van der Waals surface area contributed by atoms with Crippen molar-refractivity contribution in [2.24, 2.45) is 0 Å². The van der Waals surface area contributed by atoms with Gasteiger partial charge in [-0.15, -0.1) is 0 Å². The first kappa shape index (κ1) is 16.5.